The van der Waals surface area contributed by atoms with Crippen molar-refractivity contribution in [2.75, 3.05) is 7.11 Å². The first-order valence-electron chi connectivity index (χ1n) is 6.54. The lowest BCUT2D eigenvalue weighted by Gasteiger charge is -2.22. The number of hydrogen-bond donors (Lipinski definition) is 2. The summed E-state index contributed by atoms with van der Waals surface area (Å²) in [6.45, 7) is 4.00. The van der Waals surface area contributed by atoms with Gasteiger partial charge in [0.15, 0.2) is 0 Å². The van der Waals surface area contributed by atoms with Crippen molar-refractivity contribution in [3.63, 3.8) is 0 Å². The molecule has 0 aliphatic heterocycles. The van der Waals surface area contributed by atoms with Crippen LogP contribution in [0.2, 0.25) is 10.0 Å². The number of rotatable bonds is 4. The minimum Gasteiger partial charge on any atom is -0.496 e. The molecule has 112 valence electrons. The first-order chi connectivity index (χ1) is 9.99. The molecular weight excluding hydrogens is 307 g/mol. The highest BCUT2D eigenvalue weighted by Crippen LogP contribution is 2.36. The number of benzene rings is 2. The van der Waals surface area contributed by atoms with Crippen molar-refractivity contribution >= 4 is 23.2 Å². The second-order valence-electron chi connectivity index (χ2n) is 4.91. The van der Waals surface area contributed by atoms with Gasteiger partial charge < -0.3 is 4.74 Å². The van der Waals surface area contributed by atoms with Crippen molar-refractivity contribution in [2.45, 2.75) is 19.9 Å². The van der Waals surface area contributed by atoms with Crippen molar-refractivity contribution in [3.05, 3.63) is 62.6 Å². The lowest BCUT2D eigenvalue weighted by atomic mass is 9.93. The Kier molecular flexibility index (Phi) is 5.12. The highest BCUT2D eigenvalue weighted by molar-refractivity contribution is 6.36. The summed E-state index contributed by atoms with van der Waals surface area (Å²) in [6, 6.07) is 9.17. The van der Waals surface area contributed by atoms with Gasteiger partial charge in [0.1, 0.15) is 5.75 Å². The first-order valence-corrected chi connectivity index (χ1v) is 7.30. The molecule has 0 bridgehead atoms. The number of ether oxygens (including phenoxy) is 1. The van der Waals surface area contributed by atoms with Gasteiger partial charge in [-0.2, -0.15) is 0 Å². The molecule has 0 radical (unpaired) electrons. The van der Waals surface area contributed by atoms with E-state index < -0.39 is 0 Å². The van der Waals surface area contributed by atoms with Crippen LogP contribution in [-0.4, -0.2) is 7.11 Å². The largest absolute Gasteiger partial charge is 0.496 e. The molecule has 0 heterocycles. The van der Waals surface area contributed by atoms with Crippen LogP contribution in [0.25, 0.3) is 0 Å². The molecule has 2 rings (SSSR count). The predicted molar refractivity (Wildman–Crippen MR) is 88.1 cm³/mol. The molecule has 0 saturated carbocycles. The van der Waals surface area contributed by atoms with E-state index in [0.717, 1.165) is 28.0 Å². The normalized spacial score (nSPS) is 12.3. The molecular formula is C16H18Cl2N2O. The van der Waals surface area contributed by atoms with Gasteiger partial charge in [0.05, 0.1) is 13.2 Å². The zero-order valence-corrected chi connectivity index (χ0v) is 13.7. The van der Waals surface area contributed by atoms with Gasteiger partial charge in [-0.3, -0.25) is 5.84 Å². The lowest BCUT2D eigenvalue weighted by molar-refractivity contribution is 0.411. The topological polar surface area (TPSA) is 47.3 Å². The highest BCUT2D eigenvalue weighted by atomic mass is 35.5. The van der Waals surface area contributed by atoms with E-state index in [1.807, 2.05) is 32.0 Å². The molecule has 2 aromatic carbocycles. The van der Waals surface area contributed by atoms with Crippen LogP contribution in [0.5, 0.6) is 5.75 Å². The van der Waals surface area contributed by atoms with Crippen LogP contribution < -0.4 is 16.0 Å². The van der Waals surface area contributed by atoms with E-state index in [0.29, 0.717) is 10.0 Å². The van der Waals surface area contributed by atoms with Gasteiger partial charge in [-0.25, -0.2) is 5.43 Å². The van der Waals surface area contributed by atoms with Crippen LogP contribution in [0, 0.1) is 13.8 Å². The van der Waals surface area contributed by atoms with Gasteiger partial charge in [0.25, 0.3) is 0 Å². The fourth-order valence-electron chi connectivity index (χ4n) is 2.46. The summed E-state index contributed by atoms with van der Waals surface area (Å²) in [4.78, 5) is 0. The summed E-state index contributed by atoms with van der Waals surface area (Å²) in [6.07, 6.45) is 0. The van der Waals surface area contributed by atoms with Crippen molar-refractivity contribution < 1.29 is 4.74 Å². The average molecular weight is 325 g/mol. The SMILES string of the molecule is COc1cc(C)c(C(NN)c2c(Cl)cccc2Cl)cc1C. The number of hydrogen-bond acceptors (Lipinski definition) is 3. The Morgan fingerprint density at radius 3 is 2.24 bits per heavy atom. The molecule has 0 spiro atoms. The third kappa shape index (κ3) is 3.16. The maximum atomic E-state index is 6.30. The van der Waals surface area contributed by atoms with Crippen LogP contribution in [0.15, 0.2) is 30.3 Å². The number of halogens is 2. The highest BCUT2D eigenvalue weighted by Gasteiger charge is 2.21. The maximum Gasteiger partial charge on any atom is 0.122 e. The van der Waals surface area contributed by atoms with Gasteiger partial charge in [-0.1, -0.05) is 35.3 Å². The number of hydrazine groups is 1. The fraction of sp³-hybridized carbons (Fsp3) is 0.250. The van der Waals surface area contributed by atoms with Crippen LogP contribution >= 0.6 is 23.2 Å². The summed E-state index contributed by atoms with van der Waals surface area (Å²) in [5, 5.41) is 1.16. The quantitative estimate of drug-likeness (QED) is 0.655. The zero-order valence-electron chi connectivity index (χ0n) is 12.2. The van der Waals surface area contributed by atoms with Gasteiger partial charge >= 0.3 is 0 Å². The molecule has 3 nitrogen and oxygen atoms in total. The van der Waals surface area contributed by atoms with Crippen LogP contribution in [0.3, 0.4) is 0 Å². The van der Waals surface area contributed by atoms with E-state index in [9.17, 15) is 0 Å². The lowest BCUT2D eigenvalue weighted by Crippen LogP contribution is -2.30. The van der Waals surface area contributed by atoms with Crippen molar-refractivity contribution in [1.29, 1.82) is 0 Å². The van der Waals surface area contributed by atoms with Gasteiger partial charge in [0, 0.05) is 15.6 Å². The minimum absolute atomic E-state index is 0.282. The molecule has 0 fully saturated rings. The molecule has 1 unspecified atom stereocenters. The average Bonchev–Trinajstić information content (AvgIpc) is 2.45. The van der Waals surface area contributed by atoms with E-state index in [-0.39, 0.29) is 6.04 Å². The molecule has 5 heteroatoms. The van der Waals surface area contributed by atoms with E-state index in [4.69, 9.17) is 33.8 Å². The van der Waals surface area contributed by atoms with Gasteiger partial charge in [-0.15, -0.1) is 0 Å². The van der Waals surface area contributed by atoms with Crippen LogP contribution in [-0.2, 0) is 0 Å². The molecule has 0 aromatic heterocycles. The van der Waals surface area contributed by atoms with Crippen molar-refractivity contribution in [3.8, 4) is 5.75 Å². The Labute approximate surface area is 135 Å². The summed E-state index contributed by atoms with van der Waals surface area (Å²) in [7, 11) is 1.66. The monoisotopic (exact) mass is 324 g/mol. The Hall–Kier alpha value is -1.26. The van der Waals surface area contributed by atoms with Crippen molar-refractivity contribution in [2.24, 2.45) is 5.84 Å². The zero-order chi connectivity index (χ0) is 15.6. The molecule has 3 N–H and O–H groups in total. The summed E-state index contributed by atoms with van der Waals surface area (Å²) in [5.41, 5.74) is 6.69. The molecule has 1 atom stereocenters. The van der Waals surface area contributed by atoms with E-state index >= 15 is 0 Å². The molecule has 0 aliphatic carbocycles. The Balaban J connectivity index is 2.60. The summed E-state index contributed by atoms with van der Waals surface area (Å²) in [5.74, 6) is 6.61. The Bertz CT molecular complexity index is 639. The predicted octanol–water partition coefficient (Wildman–Crippen LogP) is 4.17. The first kappa shape index (κ1) is 16.1. The van der Waals surface area contributed by atoms with E-state index in [1.165, 1.54) is 0 Å². The molecule has 21 heavy (non-hydrogen) atoms. The third-order valence-corrected chi connectivity index (χ3v) is 4.21. The second kappa shape index (κ2) is 6.67. The van der Waals surface area contributed by atoms with Crippen molar-refractivity contribution in [1.82, 2.24) is 5.43 Å². The smallest absolute Gasteiger partial charge is 0.122 e. The summed E-state index contributed by atoms with van der Waals surface area (Å²) < 4.78 is 5.34. The van der Waals surface area contributed by atoms with E-state index in [1.54, 1.807) is 19.2 Å². The summed E-state index contributed by atoms with van der Waals surface area (Å²) >= 11 is 12.6. The fourth-order valence-corrected chi connectivity index (χ4v) is 3.07. The minimum atomic E-state index is -0.282. The third-order valence-electron chi connectivity index (χ3n) is 3.55. The van der Waals surface area contributed by atoms with E-state index in [2.05, 4.69) is 5.43 Å². The van der Waals surface area contributed by atoms with Gasteiger partial charge in [-0.05, 0) is 48.7 Å². The standard InChI is InChI=1S/C16H18Cl2N2O/c1-9-8-14(21-3)10(2)7-11(9)16(20-19)15-12(17)5-4-6-13(15)18/h4-8,16,20H,19H2,1-3H3. The molecule has 2 aromatic rings. The molecule has 0 saturated heterocycles. The van der Waals surface area contributed by atoms with Crippen LogP contribution in [0.4, 0.5) is 0 Å². The van der Waals surface area contributed by atoms with Crippen LogP contribution in [0.1, 0.15) is 28.3 Å². The number of nitrogens with two attached hydrogens (primary N) is 1. The maximum absolute atomic E-state index is 6.30. The van der Waals surface area contributed by atoms with Gasteiger partial charge in [0.2, 0.25) is 0 Å². The molecule has 0 amide bonds. The number of nitrogens with one attached hydrogen (secondary N) is 1. The number of aryl methyl sites for hydroxylation is 2. The molecule has 0 aliphatic rings. The Morgan fingerprint density at radius 2 is 1.71 bits per heavy atom. The number of methoxy groups -OCH3 is 1. The Morgan fingerprint density at radius 1 is 1.10 bits per heavy atom. The second-order valence-corrected chi connectivity index (χ2v) is 5.73.